The lowest BCUT2D eigenvalue weighted by molar-refractivity contribution is -0.117. The number of nitrogens with zero attached hydrogens (tertiary/aromatic N) is 1. The summed E-state index contributed by atoms with van der Waals surface area (Å²) in [5.41, 5.74) is 3.09. The summed E-state index contributed by atoms with van der Waals surface area (Å²) in [5, 5.41) is 3.06. The van der Waals surface area contributed by atoms with Gasteiger partial charge < -0.3 is 24.4 Å². The molecular weight excluding hydrogens is 408 g/mol. The molecule has 1 fully saturated rings. The standard InChI is InChI=1S/C25H30N2O5/c1-30-23-14-18(25(29)31-2)7-8-19(23)16-27-11-12-32-22-10-9-20(15-21(22)27)26-24(28)13-17-5-3-4-6-17/h7-10,14-15,17H,3-6,11-13,16H2,1-2H3,(H,26,28). The van der Waals surface area contributed by atoms with Crippen molar-refractivity contribution in [2.45, 2.75) is 38.6 Å². The maximum absolute atomic E-state index is 12.5. The molecule has 2 aromatic rings. The van der Waals surface area contributed by atoms with Crippen molar-refractivity contribution in [1.29, 1.82) is 0 Å². The van der Waals surface area contributed by atoms with Crippen molar-refractivity contribution in [3.8, 4) is 11.5 Å². The first kappa shape index (κ1) is 22.0. The molecule has 0 saturated heterocycles. The second kappa shape index (κ2) is 9.94. The van der Waals surface area contributed by atoms with Gasteiger partial charge in [-0.1, -0.05) is 18.9 Å². The Morgan fingerprint density at radius 1 is 1.12 bits per heavy atom. The second-order valence-electron chi connectivity index (χ2n) is 8.37. The van der Waals surface area contributed by atoms with E-state index < -0.39 is 5.97 Å². The molecule has 1 aliphatic carbocycles. The third-order valence-corrected chi connectivity index (χ3v) is 6.22. The topological polar surface area (TPSA) is 77.1 Å². The number of amides is 1. The number of carbonyl (C=O) groups is 2. The molecule has 0 atom stereocenters. The number of nitrogens with one attached hydrogen (secondary N) is 1. The maximum atomic E-state index is 12.5. The Balaban J connectivity index is 1.50. The van der Waals surface area contributed by atoms with E-state index >= 15 is 0 Å². The van der Waals surface area contributed by atoms with Crippen molar-refractivity contribution in [2.75, 3.05) is 37.6 Å². The van der Waals surface area contributed by atoms with Crippen molar-refractivity contribution in [2.24, 2.45) is 5.92 Å². The zero-order valence-electron chi connectivity index (χ0n) is 18.7. The maximum Gasteiger partial charge on any atom is 0.337 e. The number of fused-ring (bicyclic) bond motifs is 1. The van der Waals surface area contributed by atoms with E-state index in [1.807, 2.05) is 24.3 Å². The summed E-state index contributed by atoms with van der Waals surface area (Å²) in [6.45, 7) is 1.86. The number of ether oxygens (including phenoxy) is 3. The predicted molar refractivity (Wildman–Crippen MR) is 123 cm³/mol. The smallest absolute Gasteiger partial charge is 0.337 e. The van der Waals surface area contributed by atoms with Crippen LogP contribution in [0, 0.1) is 5.92 Å². The number of carbonyl (C=O) groups excluding carboxylic acids is 2. The molecule has 170 valence electrons. The van der Waals surface area contributed by atoms with Crippen LogP contribution in [0.4, 0.5) is 11.4 Å². The van der Waals surface area contributed by atoms with Crippen LogP contribution in [0.5, 0.6) is 11.5 Å². The number of esters is 1. The summed E-state index contributed by atoms with van der Waals surface area (Å²) in [5.74, 6) is 1.59. The number of rotatable bonds is 7. The molecule has 1 saturated carbocycles. The molecule has 4 rings (SSSR count). The van der Waals surface area contributed by atoms with Gasteiger partial charge in [0.1, 0.15) is 18.1 Å². The number of hydrogen-bond donors (Lipinski definition) is 1. The van der Waals surface area contributed by atoms with Gasteiger partial charge in [-0.2, -0.15) is 0 Å². The molecule has 32 heavy (non-hydrogen) atoms. The normalized spacial score (nSPS) is 15.6. The highest BCUT2D eigenvalue weighted by Gasteiger charge is 2.22. The molecule has 2 aromatic carbocycles. The Morgan fingerprint density at radius 2 is 1.94 bits per heavy atom. The van der Waals surface area contributed by atoms with Gasteiger partial charge in [-0.3, -0.25) is 4.79 Å². The van der Waals surface area contributed by atoms with E-state index in [4.69, 9.17) is 14.2 Å². The van der Waals surface area contributed by atoms with Crippen LogP contribution < -0.4 is 19.7 Å². The van der Waals surface area contributed by atoms with E-state index in [1.165, 1.54) is 20.0 Å². The van der Waals surface area contributed by atoms with E-state index in [0.29, 0.717) is 43.3 Å². The van der Waals surface area contributed by atoms with Gasteiger partial charge in [-0.25, -0.2) is 4.79 Å². The van der Waals surface area contributed by atoms with Crippen LogP contribution in [0.2, 0.25) is 0 Å². The van der Waals surface area contributed by atoms with E-state index in [0.717, 1.165) is 35.5 Å². The van der Waals surface area contributed by atoms with Gasteiger partial charge >= 0.3 is 5.97 Å². The molecule has 1 amide bonds. The van der Waals surface area contributed by atoms with Crippen LogP contribution in [-0.2, 0) is 16.1 Å². The zero-order chi connectivity index (χ0) is 22.5. The van der Waals surface area contributed by atoms with E-state index in [-0.39, 0.29) is 5.91 Å². The van der Waals surface area contributed by atoms with Gasteiger partial charge in [0.2, 0.25) is 5.91 Å². The summed E-state index contributed by atoms with van der Waals surface area (Å²) in [7, 11) is 2.95. The Bertz CT molecular complexity index is 984. The average molecular weight is 439 g/mol. The fourth-order valence-electron chi connectivity index (χ4n) is 4.53. The minimum atomic E-state index is -0.399. The van der Waals surface area contributed by atoms with E-state index in [1.54, 1.807) is 19.2 Å². The lowest BCUT2D eigenvalue weighted by Gasteiger charge is -2.32. The zero-order valence-corrected chi connectivity index (χ0v) is 18.7. The summed E-state index contributed by atoms with van der Waals surface area (Å²) in [4.78, 5) is 26.5. The third-order valence-electron chi connectivity index (χ3n) is 6.22. The predicted octanol–water partition coefficient (Wildman–Crippen LogP) is 4.40. The van der Waals surface area contributed by atoms with Crippen molar-refractivity contribution in [3.05, 3.63) is 47.5 Å². The summed E-state index contributed by atoms with van der Waals surface area (Å²) in [6, 6.07) is 11.1. The highest BCUT2D eigenvalue weighted by molar-refractivity contribution is 5.92. The van der Waals surface area contributed by atoms with Gasteiger partial charge in [0.15, 0.2) is 0 Å². The highest BCUT2D eigenvalue weighted by Crippen LogP contribution is 2.36. The molecule has 1 N–H and O–H groups in total. The molecular formula is C25H30N2O5. The number of benzene rings is 2. The summed E-state index contributed by atoms with van der Waals surface area (Å²) in [6.07, 6.45) is 5.34. The first-order valence-corrected chi connectivity index (χ1v) is 11.1. The lowest BCUT2D eigenvalue weighted by Crippen LogP contribution is -2.32. The SMILES string of the molecule is COC(=O)c1ccc(CN2CCOc3ccc(NC(=O)CC4CCCC4)cc32)c(OC)c1. The molecule has 7 nitrogen and oxygen atoms in total. The molecule has 0 radical (unpaired) electrons. The van der Waals surface area contributed by atoms with Crippen molar-refractivity contribution >= 4 is 23.3 Å². The Morgan fingerprint density at radius 3 is 2.69 bits per heavy atom. The molecule has 1 aliphatic heterocycles. The molecule has 7 heteroatoms. The lowest BCUT2D eigenvalue weighted by atomic mass is 10.0. The van der Waals surface area contributed by atoms with Gasteiger partial charge in [0, 0.05) is 24.2 Å². The quantitative estimate of drug-likeness (QED) is 0.646. The average Bonchev–Trinajstić information content (AvgIpc) is 3.32. The van der Waals surface area contributed by atoms with Crippen molar-refractivity contribution in [3.63, 3.8) is 0 Å². The largest absolute Gasteiger partial charge is 0.496 e. The van der Waals surface area contributed by atoms with Crippen LogP contribution in [0.15, 0.2) is 36.4 Å². The number of methoxy groups -OCH3 is 2. The first-order valence-electron chi connectivity index (χ1n) is 11.1. The van der Waals surface area contributed by atoms with E-state index in [9.17, 15) is 9.59 Å². The molecule has 0 bridgehead atoms. The van der Waals surface area contributed by atoms with Crippen LogP contribution in [0.3, 0.4) is 0 Å². The Labute approximate surface area is 188 Å². The fourth-order valence-corrected chi connectivity index (χ4v) is 4.53. The van der Waals surface area contributed by atoms with Crippen LogP contribution in [0.25, 0.3) is 0 Å². The van der Waals surface area contributed by atoms with Crippen molar-refractivity contribution < 1.29 is 23.8 Å². The van der Waals surface area contributed by atoms with Gasteiger partial charge in [-0.05, 0) is 49.1 Å². The first-order chi connectivity index (χ1) is 15.6. The monoisotopic (exact) mass is 438 g/mol. The summed E-state index contributed by atoms with van der Waals surface area (Å²) < 4.78 is 16.2. The fraction of sp³-hybridized carbons (Fsp3) is 0.440. The molecule has 0 aromatic heterocycles. The Kier molecular flexibility index (Phi) is 6.83. The van der Waals surface area contributed by atoms with Crippen LogP contribution in [0.1, 0.15) is 48.0 Å². The molecule has 0 unspecified atom stereocenters. The summed E-state index contributed by atoms with van der Waals surface area (Å²) >= 11 is 0. The minimum absolute atomic E-state index is 0.0696. The Hall–Kier alpha value is -3.22. The molecule has 1 heterocycles. The third kappa shape index (κ3) is 4.98. The second-order valence-corrected chi connectivity index (χ2v) is 8.37. The van der Waals surface area contributed by atoms with Crippen LogP contribution >= 0.6 is 0 Å². The number of hydrogen-bond acceptors (Lipinski definition) is 6. The van der Waals surface area contributed by atoms with Gasteiger partial charge in [0.25, 0.3) is 0 Å². The van der Waals surface area contributed by atoms with Crippen molar-refractivity contribution in [1.82, 2.24) is 0 Å². The number of anilines is 2. The van der Waals surface area contributed by atoms with Gasteiger partial charge in [0.05, 0.1) is 32.0 Å². The van der Waals surface area contributed by atoms with E-state index in [2.05, 4.69) is 10.2 Å². The highest BCUT2D eigenvalue weighted by atomic mass is 16.5. The van der Waals surface area contributed by atoms with Crippen LogP contribution in [-0.4, -0.2) is 39.2 Å². The molecule has 0 spiro atoms. The van der Waals surface area contributed by atoms with Gasteiger partial charge in [-0.15, -0.1) is 0 Å². The molecule has 2 aliphatic rings. The minimum Gasteiger partial charge on any atom is -0.496 e.